The van der Waals surface area contributed by atoms with Crippen molar-refractivity contribution in [2.75, 3.05) is 6.54 Å². The van der Waals surface area contributed by atoms with Gasteiger partial charge in [-0.05, 0) is 6.08 Å². The van der Waals surface area contributed by atoms with Crippen LogP contribution in [-0.2, 0) is 4.79 Å². The van der Waals surface area contributed by atoms with E-state index in [4.69, 9.17) is 5.21 Å². The lowest BCUT2D eigenvalue weighted by molar-refractivity contribution is -0.126. The molecule has 0 unspecified atom stereocenters. The third kappa shape index (κ3) is 1.65. The van der Waals surface area contributed by atoms with E-state index in [9.17, 15) is 4.79 Å². The number of amides is 1. The number of allylic oxidation sites excluding steroid dienone is 1. The average Bonchev–Trinajstić information content (AvgIpc) is 1.93. The average molecular weight is 126 g/mol. The summed E-state index contributed by atoms with van der Waals surface area (Å²) in [5.41, 5.74) is 0. The standard InChI is InChI=1S/C5H6N2O2/c8-5-4-7(9)3-1-2-6-5/h1-3,9H,4H2. The number of aliphatic imine (C=N–C) groups is 1. The second-order valence-corrected chi connectivity index (χ2v) is 1.61. The van der Waals surface area contributed by atoms with Crippen LogP contribution in [-0.4, -0.2) is 28.9 Å². The van der Waals surface area contributed by atoms with Gasteiger partial charge in [-0.1, -0.05) is 0 Å². The van der Waals surface area contributed by atoms with Gasteiger partial charge in [0.15, 0.2) is 0 Å². The minimum atomic E-state index is -0.345. The van der Waals surface area contributed by atoms with Crippen LogP contribution in [0.15, 0.2) is 17.3 Å². The van der Waals surface area contributed by atoms with Crippen LogP contribution in [0, 0.1) is 0 Å². The van der Waals surface area contributed by atoms with Gasteiger partial charge >= 0.3 is 0 Å². The second-order valence-electron chi connectivity index (χ2n) is 1.61. The van der Waals surface area contributed by atoms with Gasteiger partial charge in [0.2, 0.25) is 0 Å². The maximum Gasteiger partial charge on any atom is 0.267 e. The summed E-state index contributed by atoms with van der Waals surface area (Å²) in [5, 5.41) is 9.49. The van der Waals surface area contributed by atoms with Crippen molar-refractivity contribution in [3.8, 4) is 0 Å². The van der Waals surface area contributed by atoms with E-state index in [0.29, 0.717) is 0 Å². The first-order chi connectivity index (χ1) is 4.29. The lowest BCUT2D eigenvalue weighted by Gasteiger charge is -2.04. The Labute approximate surface area is 52.1 Å². The molecule has 0 aromatic rings. The van der Waals surface area contributed by atoms with Crippen LogP contribution in [0.1, 0.15) is 0 Å². The Morgan fingerprint density at radius 2 is 2.56 bits per heavy atom. The molecule has 9 heavy (non-hydrogen) atoms. The van der Waals surface area contributed by atoms with Gasteiger partial charge in [-0.2, -0.15) is 0 Å². The normalized spacial score (nSPS) is 18.3. The summed E-state index contributed by atoms with van der Waals surface area (Å²) in [5.74, 6) is -0.345. The molecule has 4 heteroatoms. The van der Waals surface area contributed by atoms with Gasteiger partial charge in [0, 0.05) is 12.4 Å². The van der Waals surface area contributed by atoms with Crippen LogP contribution in [0.3, 0.4) is 0 Å². The van der Waals surface area contributed by atoms with Crippen molar-refractivity contribution in [2.24, 2.45) is 4.99 Å². The number of hydrogen-bond donors (Lipinski definition) is 1. The first kappa shape index (κ1) is 5.97. The van der Waals surface area contributed by atoms with Crippen molar-refractivity contribution in [1.29, 1.82) is 0 Å². The highest BCUT2D eigenvalue weighted by Gasteiger charge is 2.02. The number of carbonyl (C=O) groups is 1. The number of nitrogens with zero attached hydrogens (tertiary/aromatic N) is 2. The van der Waals surface area contributed by atoms with Crippen LogP contribution < -0.4 is 0 Å². The zero-order chi connectivity index (χ0) is 6.69. The first-order valence-electron chi connectivity index (χ1n) is 2.48. The first-order valence-corrected chi connectivity index (χ1v) is 2.48. The molecule has 0 aliphatic carbocycles. The fourth-order valence-electron chi connectivity index (χ4n) is 0.496. The van der Waals surface area contributed by atoms with E-state index >= 15 is 0 Å². The molecule has 1 aliphatic heterocycles. The predicted octanol–water partition coefficient (Wildman–Crippen LogP) is -0.198. The zero-order valence-corrected chi connectivity index (χ0v) is 4.69. The monoisotopic (exact) mass is 126 g/mol. The van der Waals surface area contributed by atoms with E-state index in [0.717, 1.165) is 5.06 Å². The minimum Gasteiger partial charge on any atom is -0.288 e. The highest BCUT2D eigenvalue weighted by molar-refractivity contribution is 5.90. The molecule has 4 nitrogen and oxygen atoms in total. The molecule has 0 saturated heterocycles. The number of hydrogen-bond acceptors (Lipinski definition) is 3. The van der Waals surface area contributed by atoms with E-state index in [-0.39, 0.29) is 12.5 Å². The largest absolute Gasteiger partial charge is 0.288 e. The molecule has 0 bridgehead atoms. The molecule has 1 heterocycles. The molecule has 1 aliphatic rings. The highest BCUT2D eigenvalue weighted by atomic mass is 16.5. The summed E-state index contributed by atoms with van der Waals surface area (Å²) in [6.45, 7) is -0.0625. The van der Waals surface area contributed by atoms with Gasteiger partial charge in [-0.3, -0.25) is 15.1 Å². The maximum atomic E-state index is 10.5. The molecule has 1 amide bonds. The van der Waals surface area contributed by atoms with Gasteiger partial charge in [0.1, 0.15) is 6.54 Å². The molecule has 0 aromatic carbocycles. The molecule has 0 aromatic heterocycles. The van der Waals surface area contributed by atoms with Crippen molar-refractivity contribution in [2.45, 2.75) is 0 Å². The topological polar surface area (TPSA) is 52.9 Å². The molecule has 0 fully saturated rings. The van der Waals surface area contributed by atoms with Crippen molar-refractivity contribution >= 4 is 12.1 Å². The lowest BCUT2D eigenvalue weighted by Crippen LogP contribution is -2.18. The van der Waals surface area contributed by atoms with Crippen molar-refractivity contribution in [3.63, 3.8) is 0 Å². The van der Waals surface area contributed by atoms with Gasteiger partial charge in [-0.15, -0.1) is 0 Å². The van der Waals surface area contributed by atoms with E-state index in [1.54, 1.807) is 0 Å². The zero-order valence-electron chi connectivity index (χ0n) is 4.69. The van der Waals surface area contributed by atoms with E-state index in [2.05, 4.69) is 4.99 Å². The van der Waals surface area contributed by atoms with Crippen molar-refractivity contribution in [3.05, 3.63) is 12.3 Å². The van der Waals surface area contributed by atoms with Gasteiger partial charge in [0.25, 0.3) is 5.91 Å². The lowest BCUT2D eigenvalue weighted by atomic mass is 10.6. The Kier molecular flexibility index (Phi) is 1.60. The molecular formula is C5H6N2O2. The summed E-state index contributed by atoms with van der Waals surface area (Å²) in [4.78, 5) is 13.9. The summed E-state index contributed by atoms with van der Waals surface area (Å²) < 4.78 is 0. The number of hydroxylamine groups is 2. The summed E-state index contributed by atoms with van der Waals surface area (Å²) in [6, 6.07) is 0. The van der Waals surface area contributed by atoms with Crippen LogP contribution >= 0.6 is 0 Å². The quantitative estimate of drug-likeness (QED) is 0.489. The van der Waals surface area contributed by atoms with Crippen LogP contribution in [0.2, 0.25) is 0 Å². The number of carbonyl (C=O) groups excluding carboxylic acids is 1. The van der Waals surface area contributed by atoms with E-state index in [1.807, 2.05) is 0 Å². The summed E-state index contributed by atoms with van der Waals surface area (Å²) in [7, 11) is 0. The van der Waals surface area contributed by atoms with E-state index in [1.165, 1.54) is 18.5 Å². The van der Waals surface area contributed by atoms with E-state index < -0.39 is 0 Å². The van der Waals surface area contributed by atoms with Crippen LogP contribution in [0.25, 0.3) is 0 Å². The third-order valence-electron chi connectivity index (χ3n) is 0.860. The minimum absolute atomic E-state index is 0.0625. The smallest absolute Gasteiger partial charge is 0.267 e. The second kappa shape index (κ2) is 2.41. The molecule has 0 atom stereocenters. The number of rotatable bonds is 0. The SMILES string of the molecule is O=C1CN(O)C=CC=N1. The Morgan fingerprint density at radius 1 is 1.78 bits per heavy atom. The molecule has 48 valence electrons. The molecule has 0 spiro atoms. The molecule has 0 radical (unpaired) electrons. The Morgan fingerprint density at radius 3 is 3.33 bits per heavy atom. The Hall–Kier alpha value is -1.16. The summed E-state index contributed by atoms with van der Waals surface area (Å²) in [6.07, 6.45) is 4.21. The third-order valence-corrected chi connectivity index (χ3v) is 0.860. The Bertz CT molecular complexity index is 174. The molecule has 1 rings (SSSR count). The molecular weight excluding hydrogens is 120 g/mol. The van der Waals surface area contributed by atoms with Crippen molar-refractivity contribution < 1.29 is 10.0 Å². The molecule has 1 N–H and O–H groups in total. The maximum absolute atomic E-state index is 10.5. The highest BCUT2D eigenvalue weighted by Crippen LogP contribution is 1.88. The van der Waals surface area contributed by atoms with Crippen LogP contribution in [0.5, 0.6) is 0 Å². The fourth-order valence-corrected chi connectivity index (χ4v) is 0.496. The van der Waals surface area contributed by atoms with Gasteiger partial charge in [0.05, 0.1) is 0 Å². The van der Waals surface area contributed by atoms with Crippen molar-refractivity contribution in [1.82, 2.24) is 5.06 Å². The predicted molar refractivity (Wildman–Crippen MR) is 31.1 cm³/mol. The summed E-state index contributed by atoms with van der Waals surface area (Å²) >= 11 is 0. The van der Waals surface area contributed by atoms with Crippen LogP contribution in [0.4, 0.5) is 0 Å². The molecule has 0 saturated carbocycles. The van der Waals surface area contributed by atoms with Gasteiger partial charge in [-0.25, -0.2) is 4.99 Å². The Balaban J connectivity index is 2.64. The fraction of sp³-hybridized carbons (Fsp3) is 0.200. The van der Waals surface area contributed by atoms with Gasteiger partial charge < -0.3 is 0 Å².